The lowest BCUT2D eigenvalue weighted by Crippen LogP contribution is -2.44. The van der Waals surface area contributed by atoms with Crippen LogP contribution in [0.3, 0.4) is 0 Å². The van der Waals surface area contributed by atoms with E-state index < -0.39 is 5.82 Å². The van der Waals surface area contributed by atoms with E-state index in [1.54, 1.807) is 7.05 Å². The van der Waals surface area contributed by atoms with E-state index in [1.807, 2.05) is 0 Å². The lowest BCUT2D eigenvalue weighted by molar-refractivity contribution is 0.0928. The first-order chi connectivity index (χ1) is 9.61. The number of anilines is 1. The van der Waals surface area contributed by atoms with E-state index in [1.165, 1.54) is 18.9 Å². The maximum atomic E-state index is 13.2. The van der Waals surface area contributed by atoms with Crippen LogP contribution in [0, 0.1) is 5.82 Å². The van der Waals surface area contributed by atoms with Crippen molar-refractivity contribution in [1.29, 1.82) is 0 Å². The van der Waals surface area contributed by atoms with Gasteiger partial charge in [0.2, 0.25) is 0 Å². The van der Waals surface area contributed by atoms with Gasteiger partial charge in [0.25, 0.3) is 5.91 Å². The summed E-state index contributed by atoms with van der Waals surface area (Å²) in [5, 5.41) is 5.68. The number of piperidine rings is 1. The molecule has 0 radical (unpaired) electrons. The number of nitrogens with one attached hydrogen (secondary N) is 2. The molecule has 1 aromatic rings. The summed E-state index contributed by atoms with van der Waals surface area (Å²) in [6.07, 6.45) is 4.57. The topological polar surface area (TPSA) is 57.3 Å². The van der Waals surface area contributed by atoms with E-state index in [9.17, 15) is 9.18 Å². The minimum absolute atomic E-state index is 0.242. The molecule has 5 nitrogen and oxygen atoms in total. The molecular weight excluding hydrogens is 259 g/mol. The predicted molar refractivity (Wildman–Crippen MR) is 76.3 cm³/mol. The summed E-state index contributed by atoms with van der Waals surface area (Å²) in [6, 6.07) is 1.56. The SMILES string of the molecule is CNc1ncc(F)cc1C(=O)NCC1CCCCN1C. The maximum Gasteiger partial charge on any atom is 0.255 e. The molecule has 2 rings (SSSR count). The number of amides is 1. The second kappa shape index (κ2) is 6.65. The van der Waals surface area contributed by atoms with Crippen molar-refractivity contribution in [2.75, 3.05) is 32.5 Å². The smallest absolute Gasteiger partial charge is 0.255 e. The first-order valence-corrected chi connectivity index (χ1v) is 6.93. The maximum absolute atomic E-state index is 13.2. The van der Waals surface area contributed by atoms with Crippen molar-refractivity contribution >= 4 is 11.7 Å². The van der Waals surface area contributed by atoms with Gasteiger partial charge in [-0.15, -0.1) is 0 Å². The van der Waals surface area contributed by atoms with E-state index >= 15 is 0 Å². The van der Waals surface area contributed by atoms with Gasteiger partial charge in [-0.3, -0.25) is 4.79 Å². The molecule has 1 aliphatic rings. The zero-order valence-electron chi connectivity index (χ0n) is 11.9. The average Bonchev–Trinajstić information content (AvgIpc) is 2.46. The largest absolute Gasteiger partial charge is 0.372 e. The summed E-state index contributed by atoms with van der Waals surface area (Å²) >= 11 is 0. The second-order valence-corrected chi connectivity index (χ2v) is 5.14. The van der Waals surface area contributed by atoms with Crippen molar-refractivity contribution in [1.82, 2.24) is 15.2 Å². The molecule has 1 fully saturated rings. The molecule has 1 atom stereocenters. The highest BCUT2D eigenvalue weighted by Crippen LogP contribution is 2.15. The van der Waals surface area contributed by atoms with Gasteiger partial charge in [-0.05, 0) is 32.5 Å². The predicted octanol–water partition coefficient (Wildman–Crippen LogP) is 1.48. The van der Waals surface area contributed by atoms with Crippen LogP contribution in [0.15, 0.2) is 12.3 Å². The molecule has 1 amide bonds. The number of carbonyl (C=O) groups is 1. The zero-order valence-corrected chi connectivity index (χ0v) is 11.9. The second-order valence-electron chi connectivity index (χ2n) is 5.14. The van der Waals surface area contributed by atoms with Gasteiger partial charge in [0.1, 0.15) is 11.6 Å². The summed E-state index contributed by atoms with van der Waals surface area (Å²) in [5.41, 5.74) is 0.242. The Morgan fingerprint density at radius 1 is 1.55 bits per heavy atom. The fourth-order valence-electron chi connectivity index (χ4n) is 2.52. The van der Waals surface area contributed by atoms with E-state index in [2.05, 4.69) is 27.6 Å². The third-order valence-corrected chi connectivity index (χ3v) is 3.76. The number of aromatic nitrogens is 1. The summed E-state index contributed by atoms with van der Waals surface area (Å²) < 4.78 is 13.2. The molecule has 2 N–H and O–H groups in total. The molecule has 1 saturated heterocycles. The number of rotatable bonds is 4. The Labute approximate surface area is 118 Å². The molecule has 0 aromatic carbocycles. The number of hydrogen-bond donors (Lipinski definition) is 2. The molecule has 0 bridgehead atoms. The fraction of sp³-hybridized carbons (Fsp3) is 0.571. The minimum atomic E-state index is -0.510. The minimum Gasteiger partial charge on any atom is -0.372 e. The van der Waals surface area contributed by atoms with Crippen molar-refractivity contribution in [3.63, 3.8) is 0 Å². The standard InChI is InChI=1S/C14H21FN4O/c1-16-13-12(7-10(15)8-17-13)14(20)18-9-11-5-3-4-6-19(11)2/h7-8,11H,3-6,9H2,1-2H3,(H,16,17)(H,18,20). The van der Waals surface area contributed by atoms with E-state index in [0.717, 1.165) is 19.2 Å². The lowest BCUT2D eigenvalue weighted by atomic mass is 10.0. The molecule has 6 heteroatoms. The van der Waals surface area contributed by atoms with Crippen LogP contribution in [-0.2, 0) is 0 Å². The van der Waals surface area contributed by atoms with E-state index in [-0.39, 0.29) is 11.5 Å². The molecule has 1 unspecified atom stereocenters. The van der Waals surface area contributed by atoms with Crippen LogP contribution in [0.4, 0.5) is 10.2 Å². The van der Waals surface area contributed by atoms with E-state index in [4.69, 9.17) is 0 Å². The normalized spacial score (nSPS) is 19.6. The van der Waals surface area contributed by atoms with Crippen molar-refractivity contribution in [3.8, 4) is 0 Å². The molecule has 2 heterocycles. The number of hydrogen-bond acceptors (Lipinski definition) is 4. The highest BCUT2D eigenvalue weighted by molar-refractivity contribution is 5.98. The number of halogens is 1. The zero-order chi connectivity index (χ0) is 14.5. The summed E-state index contributed by atoms with van der Waals surface area (Å²) in [7, 11) is 3.73. The van der Waals surface area contributed by atoms with Crippen LogP contribution in [0.2, 0.25) is 0 Å². The fourth-order valence-corrected chi connectivity index (χ4v) is 2.52. The van der Waals surface area contributed by atoms with Crippen LogP contribution in [0.5, 0.6) is 0 Å². The monoisotopic (exact) mass is 280 g/mol. The Morgan fingerprint density at radius 2 is 2.35 bits per heavy atom. The first kappa shape index (κ1) is 14.7. The van der Waals surface area contributed by atoms with Crippen LogP contribution in [0.1, 0.15) is 29.6 Å². The van der Waals surface area contributed by atoms with Crippen LogP contribution in [-0.4, -0.2) is 49.0 Å². The van der Waals surface area contributed by atoms with Gasteiger partial charge >= 0.3 is 0 Å². The number of likely N-dealkylation sites (N-methyl/N-ethyl adjacent to an activating group) is 1. The van der Waals surface area contributed by atoms with Crippen LogP contribution in [0.25, 0.3) is 0 Å². The van der Waals surface area contributed by atoms with Crippen molar-refractivity contribution in [2.45, 2.75) is 25.3 Å². The Kier molecular flexibility index (Phi) is 4.89. The molecule has 1 aliphatic heterocycles. The molecule has 0 spiro atoms. The third-order valence-electron chi connectivity index (χ3n) is 3.76. The summed E-state index contributed by atoms with van der Waals surface area (Å²) in [6.45, 7) is 1.64. The van der Waals surface area contributed by atoms with Crippen LogP contribution >= 0.6 is 0 Å². The summed E-state index contributed by atoms with van der Waals surface area (Å²) in [5.74, 6) is -0.412. The molecule has 0 saturated carbocycles. The van der Waals surface area contributed by atoms with Gasteiger partial charge in [0.15, 0.2) is 0 Å². The van der Waals surface area contributed by atoms with Gasteiger partial charge in [-0.25, -0.2) is 9.37 Å². The highest BCUT2D eigenvalue weighted by Gasteiger charge is 2.20. The lowest BCUT2D eigenvalue weighted by Gasteiger charge is -2.32. The van der Waals surface area contributed by atoms with Gasteiger partial charge in [0, 0.05) is 19.6 Å². The van der Waals surface area contributed by atoms with Crippen molar-refractivity contribution in [3.05, 3.63) is 23.6 Å². The Morgan fingerprint density at radius 3 is 3.05 bits per heavy atom. The number of pyridine rings is 1. The Balaban J connectivity index is 1.99. The highest BCUT2D eigenvalue weighted by atomic mass is 19.1. The van der Waals surface area contributed by atoms with Crippen LogP contribution < -0.4 is 10.6 Å². The van der Waals surface area contributed by atoms with Crippen molar-refractivity contribution in [2.24, 2.45) is 0 Å². The third kappa shape index (κ3) is 3.45. The molecule has 20 heavy (non-hydrogen) atoms. The van der Waals surface area contributed by atoms with Gasteiger partial charge < -0.3 is 15.5 Å². The average molecular weight is 280 g/mol. The number of likely N-dealkylation sites (tertiary alicyclic amines) is 1. The summed E-state index contributed by atoms with van der Waals surface area (Å²) in [4.78, 5) is 18.3. The Hall–Kier alpha value is -1.69. The Bertz CT molecular complexity index is 480. The van der Waals surface area contributed by atoms with E-state index in [0.29, 0.717) is 18.4 Å². The van der Waals surface area contributed by atoms with Gasteiger partial charge in [-0.2, -0.15) is 0 Å². The first-order valence-electron chi connectivity index (χ1n) is 6.93. The van der Waals surface area contributed by atoms with Crippen molar-refractivity contribution < 1.29 is 9.18 Å². The molecule has 110 valence electrons. The van der Waals surface area contributed by atoms with Gasteiger partial charge in [0.05, 0.1) is 11.8 Å². The molecule has 0 aliphatic carbocycles. The molecular formula is C14H21FN4O. The number of carbonyl (C=O) groups excluding carboxylic acids is 1. The quantitative estimate of drug-likeness (QED) is 0.877. The van der Waals surface area contributed by atoms with Gasteiger partial charge in [-0.1, -0.05) is 6.42 Å². The molecule has 1 aromatic heterocycles. The number of nitrogens with zero attached hydrogens (tertiary/aromatic N) is 2.